The van der Waals surface area contributed by atoms with E-state index in [4.69, 9.17) is 0 Å². The molecule has 16 heavy (non-hydrogen) atoms. The lowest BCUT2D eigenvalue weighted by atomic mass is 9.91. The van der Waals surface area contributed by atoms with Crippen LogP contribution in [0.4, 0.5) is 0 Å². The van der Waals surface area contributed by atoms with Gasteiger partial charge in [0.25, 0.3) is 5.56 Å². The molecule has 0 amide bonds. The first kappa shape index (κ1) is 9.33. The highest BCUT2D eigenvalue weighted by Crippen LogP contribution is 2.23. The molecule has 0 radical (unpaired) electrons. The molecule has 2 aromatic rings. The van der Waals surface area contributed by atoms with Crippen molar-refractivity contribution in [1.29, 1.82) is 0 Å². The van der Waals surface area contributed by atoms with Crippen molar-refractivity contribution in [2.24, 2.45) is 0 Å². The lowest BCUT2D eigenvalue weighted by molar-refractivity contribution is -0.666. The molecule has 5 heteroatoms. The molecule has 1 aliphatic rings. The summed E-state index contributed by atoms with van der Waals surface area (Å²) in [5.74, 6) is 0. The van der Waals surface area contributed by atoms with Gasteiger partial charge in [-0.25, -0.2) is 0 Å². The lowest BCUT2D eigenvalue weighted by Crippen LogP contribution is -2.31. The Labute approximate surface area is 91.3 Å². The first-order chi connectivity index (χ1) is 7.75. The summed E-state index contributed by atoms with van der Waals surface area (Å²) in [5, 5.41) is 15.7. The van der Waals surface area contributed by atoms with E-state index >= 15 is 0 Å². The van der Waals surface area contributed by atoms with Gasteiger partial charge in [0.1, 0.15) is 0 Å². The molecule has 0 saturated carbocycles. The number of fused-ring (bicyclic) bond motifs is 3. The third-order valence-electron chi connectivity index (χ3n) is 3.12. The number of hydrogen-bond acceptors (Lipinski definition) is 3. The van der Waals surface area contributed by atoms with Crippen LogP contribution in [0.1, 0.15) is 24.0 Å². The van der Waals surface area contributed by atoms with Crippen LogP contribution in [0.5, 0.6) is 0 Å². The molecule has 3 rings (SSSR count). The summed E-state index contributed by atoms with van der Waals surface area (Å²) in [7, 11) is 0. The van der Waals surface area contributed by atoms with Gasteiger partial charge in [-0.3, -0.25) is 4.79 Å². The number of aryl methyl sites for hydroxylation is 1. The summed E-state index contributed by atoms with van der Waals surface area (Å²) in [4.78, 5) is 14.9. The maximum atomic E-state index is 11.8. The van der Waals surface area contributed by atoms with Gasteiger partial charge in [-0.05, 0) is 31.2 Å². The van der Waals surface area contributed by atoms with E-state index in [9.17, 15) is 10.0 Å². The number of aromatic amines is 1. The van der Waals surface area contributed by atoms with Crippen molar-refractivity contribution in [1.82, 2.24) is 10.1 Å². The Morgan fingerprint density at radius 2 is 2.06 bits per heavy atom. The van der Waals surface area contributed by atoms with E-state index in [1.165, 1.54) is 6.20 Å². The molecule has 1 aliphatic carbocycles. The van der Waals surface area contributed by atoms with E-state index in [0.29, 0.717) is 10.5 Å². The van der Waals surface area contributed by atoms with Gasteiger partial charge in [0.05, 0.1) is 0 Å². The fourth-order valence-corrected chi connectivity index (χ4v) is 2.37. The molecule has 0 aromatic carbocycles. The van der Waals surface area contributed by atoms with Crippen molar-refractivity contribution in [2.45, 2.75) is 25.7 Å². The van der Waals surface area contributed by atoms with Crippen LogP contribution < -0.4 is 10.4 Å². The van der Waals surface area contributed by atoms with Crippen molar-refractivity contribution in [3.8, 4) is 0 Å². The van der Waals surface area contributed by atoms with Crippen LogP contribution >= 0.6 is 0 Å². The Balaban J connectivity index is 2.42. The van der Waals surface area contributed by atoms with Crippen LogP contribution in [0, 0.1) is 5.21 Å². The van der Waals surface area contributed by atoms with Crippen molar-refractivity contribution in [3.63, 3.8) is 0 Å². The summed E-state index contributed by atoms with van der Waals surface area (Å²) in [6.07, 6.45) is 5.25. The quantitative estimate of drug-likeness (QED) is 0.514. The molecule has 0 spiro atoms. The van der Waals surface area contributed by atoms with Crippen LogP contribution in [-0.2, 0) is 12.8 Å². The number of nitrogens with zero attached hydrogens (tertiary/aromatic N) is 2. The molecule has 2 aromatic heterocycles. The number of pyridine rings is 1. The minimum atomic E-state index is -0.0964. The van der Waals surface area contributed by atoms with Gasteiger partial charge in [0, 0.05) is 22.1 Å². The molecular formula is C11H11N3O2. The van der Waals surface area contributed by atoms with Crippen LogP contribution in [0.2, 0.25) is 0 Å². The second kappa shape index (κ2) is 3.30. The van der Waals surface area contributed by atoms with Crippen LogP contribution in [0.3, 0.4) is 0 Å². The summed E-state index contributed by atoms with van der Waals surface area (Å²) in [6.45, 7) is 0. The van der Waals surface area contributed by atoms with Gasteiger partial charge in [0.15, 0.2) is 0 Å². The largest absolute Gasteiger partial charge is 0.594 e. The Hall–Kier alpha value is -1.91. The normalized spacial score (nSPS) is 15.0. The molecule has 5 nitrogen and oxygen atoms in total. The number of aromatic nitrogens is 3. The fourth-order valence-electron chi connectivity index (χ4n) is 2.37. The van der Waals surface area contributed by atoms with E-state index in [-0.39, 0.29) is 5.56 Å². The molecule has 0 bridgehead atoms. The Bertz CT molecular complexity index is 618. The predicted octanol–water partition coefficient (Wildman–Crippen LogP) is 0.435. The average molecular weight is 217 g/mol. The SMILES string of the molecule is O=c1[nH]c2n[n+]([O-])ccc2c2c1CCCC2. The van der Waals surface area contributed by atoms with Gasteiger partial charge in [-0.1, -0.05) is 4.85 Å². The third-order valence-corrected chi connectivity index (χ3v) is 3.12. The average Bonchev–Trinajstić information content (AvgIpc) is 2.29. The number of nitrogens with one attached hydrogen (secondary N) is 1. The summed E-state index contributed by atoms with van der Waals surface area (Å²) in [6, 6.07) is 1.73. The summed E-state index contributed by atoms with van der Waals surface area (Å²) in [5.41, 5.74) is 2.23. The maximum Gasteiger partial charge on any atom is 0.253 e. The summed E-state index contributed by atoms with van der Waals surface area (Å²) < 4.78 is 0. The monoisotopic (exact) mass is 217 g/mol. The van der Waals surface area contributed by atoms with Crippen molar-refractivity contribution in [3.05, 3.63) is 39.0 Å². The van der Waals surface area contributed by atoms with Gasteiger partial charge >= 0.3 is 0 Å². The molecule has 0 fully saturated rings. The van der Waals surface area contributed by atoms with Crippen molar-refractivity contribution in [2.75, 3.05) is 0 Å². The highest BCUT2D eigenvalue weighted by molar-refractivity contribution is 5.78. The van der Waals surface area contributed by atoms with Gasteiger partial charge in [-0.2, -0.15) is 0 Å². The van der Waals surface area contributed by atoms with Crippen molar-refractivity contribution < 1.29 is 4.85 Å². The summed E-state index contributed by atoms with van der Waals surface area (Å²) >= 11 is 0. The van der Waals surface area contributed by atoms with Crippen LogP contribution in [0.25, 0.3) is 11.0 Å². The number of rotatable bonds is 0. The minimum absolute atomic E-state index is 0.0964. The van der Waals surface area contributed by atoms with E-state index < -0.39 is 0 Å². The topological polar surface area (TPSA) is 72.7 Å². The molecule has 1 N–H and O–H groups in total. The van der Waals surface area contributed by atoms with Crippen molar-refractivity contribution >= 4 is 11.0 Å². The molecular weight excluding hydrogens is 206 g/mol. The zero-order valence-electron chi connectivity index (χ0n) is 8.69. The molecule has 0 aliphatic heterocycles. The molecule has 0 unspecified atom stereocenters. The molecule has 0 saturated heterocycles. The number of hydrogen-bond donors (Lipinski definition) is 1. The van der Waals surface area contributed by atoms with Crippen LogP contribution in [-0.4, -0.2) is 10.1 Å². The predicted molar refractivity (Wildman–Crippen MR) is 58.0 cm³/mol. The van der Waals surface area contributed by atoms with Crippen LogP contribution in [0.15, 0.2) is 17.1 Å². The maximum absolute atomic E-state index is 11.8. The van der Waals surface area contributed by atoms with E-state index in [1.54, 1.807) is 6.07 Å². The lowest BCUT2D eigenvalue weighted by Gasteiger charge is -2.15. The van der Waals surface area contributed by atoms with Gasteiger partial charge < -0.3 is 10.2 Å². The zero-order valence-corrected chi connectivity index (χ0v) is 8.69. The second-order valence-corrected chi connectivity index (χ2v) is 4.10. The minimum Gasteiger partial charge on any atom is -0.594 e. The molecule has 0 atom stereocenters. The highest BCUT2D eigenvalue weighted by atomic mass is 16.5. The molecule has 2 heterocycles. The highest BCUT2D eigenvalue weighted by Gasteiger charge is 2.17. The van der Waals surface area contributed by atoms with Gasteiger partial charge in [-0.15, -0.1) is 0 Å². The van der Waals surface area contributed by atoms with E-state index in [0.717, 1.165) is 42.2 Å². The van der Waals surface area contributed by atoms with E-state index in [1.807, 2.05) is 0 Å². The molecule has 82 valence electrons. The Morgan fingerprint density at radius 1 is 1.31 bits per heavy atom. The smallest absolute Gasteiger partial charge is 0.253 e. The first-order valence-corrected chi connectivity index (χ1v) is 5.40. The Kier molecular flexibility index (Phi) is 1.92. The first-order valence-electron chi connectivity index (χ1n) is 5.40. The second-order valence-electron chi connectivity index (χ2n) is 4.10. The Morgan fingerprint density at radius 3 is 2.88 bits per heavy atom. The van der Waals surface area contributed by atoms with E-state index in [2.05, 4.69) is 10.1 Å². The zero-order chi connectivity index (χ0) is 11.1. The third kappa shape index (κ3) is 1.28. The standard InChI is InChI=1S/C11H11N3O2/c15-11-9-4-2-1-3-7(9)8-5-6-14(16)13-10(8)12-11/h5-6H,1-4H2,(H,12,13,15). The fraction of sp³-hybridized carbons (Fsp3) is 0.364. The number of H-pyrrole nitrogens is 1. The van der Waals surface area contributed by atoms with Gasteiger partial charge in [0.2, 0.25) is 11.8 Å².